The second-order valence-electron chi connectivity index (χ2n) is 5.38. The Morgan fingerprint density at radius 1 is 0.950 bits per heavy atom. The summed E-state index contributed by atoms with van der Waals surface area (Å²) in [7, 11) is 0. The van der Waals surface area contributed by atoms with Crippen LogP contribution >= 0.6 is 15.9 Å². The van der Waals surface area contributed by atoms with Crippen LogP contribution in [-0.4, -0.2) is 21.2 Å². The van der Waals surface area contributed by atoms with E-state index in [1.807, 2.05) is 10.8 Å². The van der Waals surface area contributed by atoms with Crippen LogP contribution in [0.2, 0.25) is 0 Å². The maximum Gasteiger partial charge on any atom is 0.169 e. The quantitative estimate of drug-likeness (QED) is 0.287. The predicted octanol–water partition coefficient (Wildman–Crippen LogP) is 4.99. The first-order valence-electron chi connectivity index (χ1n) is 7.89. The van der Waals surface area contributed by atoms with Gasteiger partial charge in [-0.15, -0.1) is 0 Å². The van der Waals surface area contributed by atoms with Crippen molar-refractivity contribution in [3.63, 3.8) is 0 Å². The first-order chi connectivity index (χ1) is 9.86. The number of alkyl halides is 1. The van der Waals surface area contributed by atoms with Gasteiger partial charge in [0.15, 0.2) is 6.29 Å². The Bertz CT molecular complexity index is 352. The van der Waals surface area contributed by atoms with Crippen molar-refractivity contribution in [2.75, 3.05) is 5.33 Å². The zero-order chi connectivity index (χ0) is 14.5. The van der Waals surface area contributed by atoms with E-state index in [9.17, 15) is 4.79 Å². The summed E-state index contributed by atoms with van der Waals surface area (Å²) >= 11 is 3.47. The van der Waals surface area contributed by atoms with Gasteiger partial charge in [0.25, 0.3) is 0 Å². The van der Waals surface area contributed by atoms with Crippen molar-refractivity contribution in [1.82, 2.24) is 9.55 Å². The number of aryl methyl sites for hydroxylation is 1. The molecule has 0 amide bonds. The lowest BCUT2D eigenvalue weighted by molar-refractivity contribution is 0.111. The average molecular weight is 343 g/mol. The van der Waals surface area contributed by atoms with Gasteiger partial charge in [0.1, 0.15) is 5.69 Å². The molecule has 0 aromatic carbocycles. The van der Waals surface area contributed by atoms with E-state index in [0.717, 1.165) is 18.2 Å². The molecule has 0 bridgehead atoms. The molecule has 3 nitrogen and oxygen atoms in total. The van der Waals surface area contributed by atoms with E-state index in [4.69, 9.17) is 0 Å². The number of rotatable bonds is 13. The Morgan fingerprint density at radius 3 is 2.00 bits per heavy atom. The number of hydrogen-bond acceptors (Lipinski definition) is 2. The van der Waals surface area contributed by atoms with Gasteiger partial charge in [0.05, 0.1) is 6.33 Å². The van der Waals surface area contributed by atoms with E-state index >= 15 is 0 Å². The third-order valence-electron chi connectivity index (χ3n) is 3.57. The van der Waals surface area contributed by atoms with Crippen LogP contribution in [0.3, 0.4) is 0 Å². The van der Waals surface area contributed by atoms with Crippen LogP contribution in [0.25, 0.3) is 0 Å². The summed E-state index contributed by atoms with van der Waals surface area (Å²) in [5.74, 6) is 0. The van der Waals surface area contributed by atoms with Crippen molar-refractivity contribution >= 4 is 22.2 Å². The number of unbranched alkanes of at least 4 members (excludes halogenated alkanes) is 9. The van der Waals surface area contributed by atoms with Crippen LogP contribution in [-0.2, 0) is 6.54 Å². The van der Waals surface area contributed by atoms with E-state index in [0.29, 0.717) is 5.69 Å². The molecule has 20 heavy (non-hydrogen) atoms. The third kappa shape index (κ3) is 8.51. The summed E-state index contributed by atoms with van der Waals surface area (Å²) in [4.78, 5) is 14.5. The summed E-state index contributed by atoms with van der Waals surface area (Å²) in [6.07, 6.45) is 17.8. The molecule has 1 aromatic heterocycles. The molecule has 4 heteroatoms. The molecule has 0 unspecified atom stereocenters. The van der Waals surface area contributed by atoms with E-state index in [-0.39, 0.29) is 0 Å². The van der Waals surface area contributed by atoms with Gasteiger partial charge >= 0.3 is 0 Å². The molecule has 0 saturated carbocycles. The van der Waals surface area contributed by atoms with Crippen LogP contribution < -0.4 is 0 Å². The molecule has 1 aromatic rings. The Balaban J connectivity index is 1.84. The molecular weight excluding hydrogens is 316 g/mol. The van der Waals surface area contributed by atoms with Gasteiger partial charge in [-0.25, -0.2) is 4.98 Å². The molecule has 1 heterocycles. The first kappa shape index (κ1) is 17.4. The monoisotopic (exact) mass is 342 g/mol. The highest BCUT2D eigenvalue weighted by Crippen LogP contribution is 2.11. The molecule has 0 aliphatic carbocycles. The standard InChI is InChI=1S/C16H27BrN2O/c17-11-9-7-5-3-1-2-4-6-8-10-12-19-13-16(14-20)18-15-19/h13-15H,1-12H2. The molecule has 114 valence electrons. The summed E-state index contributed by atoms with van der Waals surface area (Å²) < 4.78 is 2.01. The van der Waals surface area contributed by atoms with Crippen LogP contribution in [0.4, 0.5) is 0 Å². The minimum absolute atomic E-state index is 0.532. The molecule has 0 N–H and O–H groups in total. The fourth-order valence-electron chi connectivity index (χ4n) is 2.36. The Morgan fingerprint density at radius 2 is 1.50 bits per heavy atom. The number of nitrogens with zero attached hydrogens (tertiary/aromatic N) is 2. The van der Waals surface area contributed by atoms with Crippen LogP contribution in [0.1, 0.15) is 74.7 Å². The molecule has 1 rings (SSSR count). The zero-order valence-corrected chi connectivity index (χ0v) is 14.0. The minimum Gasteiger partial charge on any atom is -0.337 e. The molecule has 0 saturated heterocycles. The topological polar surface area (TPSA) is 34.9 Å². The van der Waals surface area contributed by atoms with Gasteiger partial charge in [0.2, 0.25) is 0 Å². The van der Waals surface area contributed by atoms with Gasteiger partial charge in [-0.2, -0.15) is 0 Å². The minimum atomic E-state index is 0.532. The summed E-state index contributed by atoms with van der Waals surface area (Å²) in [6.45, 7) is 0.980. The number of aldehydes is 1. The Labute approximate surface area is 131 Å². The van der Waals surface area contributed by atoms with Crippen molar-refractivity contribution in [3.8, 4) is 0 Å². The summed E-state index contributed by atoms with van der Waals surface area (Å²) in [5, 5.41) is 1.15. The predicted molar refractivity (Wildman–Crippen MR) is 87.6 cm³/mol. The molecule has 0 aliphatic rings. The second-order valence-corrected chi connectivity index (χ2v) is 6.17. The number of carbonyl (C=O) groups excluding carboxylic acids is 1. The molecule has 0 spiro atoms. The summed E-state index contributed by atoms with van der Waals surface area (Å²) in [6, 6.07) is 0. The van der Waals surface area contributed by atoms with Crippen LogP contribution in [0.15, 0.2) is 12.5 Å². The molecule has 0 aliphatic heterocycles. The number of carbonyl (C=O) groups is 1. The third-order valence-corrected chi connectivity index (χ3v) is 4.13. The van der Waals surface area contributed by atoms with Gasteiger partial charge in [-0.3, -0.25) is 4.79 Å². The summed E-state index contributed by atoms with van der Waals surface area (Å²) in [5.41, 5.74) is 0.532. The smallest absolute Gasteiger partial charge is 0.169 e. The average Bonchev–Trinajstić information content (AvgIpc) is 2.93. The van der Waals surface area contributed by atoms with Crippen molar-refractivity contribution in [2.45, 2.75) is 70.8 Å². The van der Waals surface area contributed by atoms with Crippen LogP contribution in [0.5, 0.6) is 0 Å². The van der Waals surface area contributed by atoms with Gasteiger partial charge < -0.3 is 4.57 Å². The number of halogens is 1. The van der Waals surface area contributed by atoms with E-state index in [2.05, 4.69) is 20.9 Å². The van der Waals surface area contributed by atoms with Crippen molar-refractivity contribution < 1.29 is 4.79 Å². The highest BCUT2D eigenvalue weighted by Gasteiger charge is 1.97. The lowest BCUT2D eigenvalue weighted by atomic mass is 10.1. The number of hydrogen-bond donors (Lipinski definition) is 0. The van der Waals surface area contributed by atoms with E-state index in [1.54, 1.807) is 6.33 Å². The SMILES string of the molecule is O=Cc1cn(CCCCCCCCCCCCBr)cn1. The molecular formula is C16H27BrN2O. The number of imidazole rings is 1. The highest BCUT2D eigenvalue weighted by atomic mass is 79.9. The molecule has 0 radical (unpaired) electrons. The maximum atomic E-state index is 10.5. The van der Waals surface area contributed by atoms with Crippen molar-refractivity contribution in [3.05, 3.63) is 18.2 Å². The largest absolute Gasteiger partial charge is 0.337 e. The fraction of sp³-hybridized carbons (Fsp3) is 0.750. The van der Waals surface area contributed by atoms with Crippen molar-refractivity contribution in [2.24, 2.45) is 0 Å². The lowest BCUT2D eigenvalue weighted by Crippen LogP contribution is -1.94. The molecule has 0 fully saturated rings. The van der Waals surface area contributed by atoms with E-state index < -0.39 is 0 Å². The fourth-order valence-corrected chi connectivity index (χ4v) is 2.76. The number of aromatic nitrogens is 2. The zero-order valence-electron chi connectivity index (χ0n) is 12.4. The lowest BCUT2D eigenvalue weighted by Gasteiger charge is -2.03. The highest BCUT2D eigenvalue weighted by molar-refractivity contribution is 9.09. The first-order valence-corrected chi connectivity index (χ1v) is 9.02. The normalized spacial score (nSPS) is 10.8. The van der Waals surface area contributed by atoms with Crippen molar-refractivity contribution in [1.29, 1.82) is 0 Å². The van der Waals surface area contributed by atoms with E-state index in [1.165, 1.54) is 64.2 Å². The molecule has 0 atom stereocenters. The van der Waals surface area contributed by atoms with Gasteiger partial charge in [-0.05, 0) is 12.8 Å². The maximum absolute atomic E-state index is 10.5. The van der Waals surface area contributed by atoms with Gasteiger partial charge in [-0.1, -0.05) is 67.3 Å². The van der Waals surface area contributed by atoms with Crippen LogP contribution in [0, 0.1) is 0 Å². The Hall–Kier alpha value is -0.640. The Kier molecular flexibility index (Phi) is 10.6. The van der Waals surface area contributed by atoms with Gasteiger partial charge in [0, 0.05) is 18.1 Å². The second kappa shape index (κ2) is 12.1.